The first-order chi connectivity index (χ1) is 12.5. The molecule has 0 saturated carbocycles. The van der Waals surface area contributed by atoms with Gasteiger partial charge in [-0.2, -0.15) is 11.8 Å². The molecular weight excluding hydrogens is 478 g/mol. The van der Waals surface area contributed by atoms with Gasteiger partial charge in [-0.05, 0) is 42.4 Å². The predicted octanol–water partition coefficient (Wildman–Crippen LogP) is 4.67. The lowest BCUT2D eigenvalue weighted by atomic mass is 10.1. The van der Waals surface area contributed by atoms with Crippen molar-refractivity contribution in [1.29, 1.82) is 0 Å². The number of aromatic nitrogens is 1. The predicted molar refractivity (Wildman–Crippen MR) is 121 cm³/mol. The highest BCUT2D eigenvalue weighted by atomic mass is 127. The highest BCUT2D eigenvalue weighted by molar-refractivity contribution is 14.0. The Hall–Kier alpha value is -1.29. The van der Waals surface area contributed by atoms with Gasteiger partial charge in [-0.15, -0.1) is 24.0 Å². The normalized spacial score (nSPS) is 11.4. The van der Waals surface area contributed by atoms with E-state index in [2.05, 4.69) is 34.6 Å². The molecule has 0 radical (unpaired) electrons. The van der Waals surface area contributed by atoms with Crippen LogP contribution >= 0.6 is 35.7 Å². The summed E-state index contributed by atoms with van der Waals surface area (Å²) >= 11 is 1.67. The van der Waals surface area contributed by atoms with Gasteiger partial charge in [-0.25, -0.2) is 9.38 Å². The standard InChI is InChI=1S/C19H27FN4OS.HI/c1-5-21-19(23-11-17-9-18(13(2)3)24-25-17)22-10-14-6-7-16(20)8-15(14)12-26-4;/h6-9,13H,5,10-12H2,1-4H3,(H2,21,22,23);1H. The SMILES string of the molecule is CCNC(=NCc1ccc(F)cc1CSC)NCc1cc(C(C)C)no1.I. The van der Waals surface area contributed by atoms with Crippen LogP contribution in [-0.4, -0.2) is 23.9 Å². The van der Waals surface area contributed by atoms with Gasteiger partial charge in [0.05, 0.1) is 18.8 Å². The number of thioether (sulfide) groups is 1. The zero-order valence-electron chi connectivity index (χ0n) is 16.2. The van der Waals surface area contributed by atoms with Gasteiger partial charge in [-0.1, -0.05) is 25.1 Å². The average molecular weight is 506 g/mol. The molecule has 0 aliphatic heterocycles. The van der Waals surface area contributed by atoms with Crippen molar-refractivity contribution in [2.45, 2.75) is 45.5 Å². The number of hydrogen-bond acceptors (Lipinski definition) is 4. The van der Waals surface area contributed by atoms with Gasteiger partial charge >= 0.3 is 0 Å². The van der Waals surface area contributed by atoms with Crippen molar-refractivity contribution in [2.24, 2.45) is 4.99 Å². The molecule has 1 aromatic heterocycles. The van der Waals surface area contributed by atoms with Crippen LogP contribution in [0.15, 0.2) is 33.8 Å². The summed E-state index contributed by atoms with van der Waals surface area (Å²) < 4.78 is 18.8. The minimum Gasteiger partial charge on any atom is -0.359 e. The molecular formula is C19H28FIN4OS. The van der Waals surface area contributed by atoms with Crippen molar-refractivity contribution in [2.75, 3.05) is 12.8 Å². The van der Waals surface area contributed by atoms with Gasteiger partial charge in [0.1, 0.15) is 5.82 Å². The van der Waals surface area contributed by atoms with Crippen molar-refractivity contribution in [3.63, 3.8) is 0 Å². The molecule has 5 nitrogen and oxygen atoms in total. The minimum atomic E-state index is -0.210. The third kappa shape index (κ3) is 7.69. The van der Waals surface area contributed by atoms with Crippen LogP contribution in [0, 0.1) is 5.82 Å². The highest BCUT2D eigenvalue weighted by Crippen LogP contribution is 2.18. The maximum absolute atomic E-state index is 13.5. The molecule has 1 aromatic carbocycles. The molecule has 0 amide bonds. The molecule has 0 bridgehead atoms. The fraction of sp³-hybridized carbons (Fsp3) is 0.474. The first-order valence-corrected chi connectivity index (χ1v) is 10.2. The van der Waals surface area contributed by atoms with Gasteiger partial charge in [0, 0.05) is 18.4 Å². The Labute approximate surface area is 182 Å². The molecule has 2 aromatic rings. The summed E-state index contributed by atoms with van der Waals surface area (Å²) in [6.07, 6.45) is 2.01. The molecule has 0 aliphatic rings. The first-order valence-electron chi connectivity index (χ1n) is 8.77. The van der Waals surface area contributed by atoms with Crippen molar-refractivity contribution >= 4 is 41.7 Å². The molecule has 0 spiro atoms. The van der Waals surface area contributed by atoms with Crippen LogP contribution in [0.1, 0.15) is 49.3 Å². The fourth-order valence-electron chi connectivity index (χ4n) is 2.40. The van der Waals surface area contributed by atoms with E-state index >= 15 is 0 Å². The number of nitrogens with one attached hydrogen (secondary N) is 2. The zero-order chi connectivity index (χ0) is 18.9. The first kappa shape index (κ1) is 23.7. The second-order valence-corrected chi connectivity index (χ2v) is 7.13. The Bertz CT molecular complexity index is 736. The summed E-state index contributed by atoms with van der Waals surface area (Å²) in [7, 11) is 0. The number of halogens is 2. The summed E-state index contributed by atoms with van der Waals surface area (Å²) in [5.74, 6) is 2.35. The molecule has 0 atom stereocenters. The highest BCUT2D eigenvalue weighted by Gasteiger charge is 2.09. The lowest BCUT2D eigenvalue weighted by Gasteiger charge is -2.11. The molecule has 27 heavy (non-hydrogen) atoms. The third-order valence-corrected chi connectivity index (χ3v) is 4.42. The van der Waals surface area contributed by atoms with Crippen LogP contribution in [0.3, 0.4) is 0 Å². The van der Waals surface area contributed by atoms with E-state index in [9.17, 15) is 4.39 Å². The van der Waals surface area contributed by atoms with E-state index in [0.29, 0.717) is 25.0 Å². The number of hydrogen-bond donors (Lipinski definition) is 2. The van der Waals surface area contributed by atoms with Crippen LogP contribution in [0.4, 0.5) is 4.39 Å². The van der Waals surface area contributed by atoms with Crippen LogP contribution < -0.4 is 10.6 Å². The Morgan fingerprint density at radius 2 is 2.04 bits per heavy atom. The van der Waals surface area contributed by atoms with Crippen LogP contribution in [0.5, 0.6) is 0 Å². The number of benzene rings is 1. The van der Waals surface area contributed by atoms with Gasteiger partial charge < -0.3 is 15.2 Å². The second-order valence-electron chi connectivity index (χ2n) is 6.27. The van der Waals surface area contributed by atoms with Crippen molar-refractivity contribution in [1.82, 2.24) is 15.8 Å². The van der Waals surface area contributed by atoms with E-state index < -0.39 is 0 Å². The van der Waals surface area contributed by atoms with E-state index in [4.69, 9.17) is 4.52 Å². The largest absolute Gasteiger partial charge is 0.359 e. The van der Waals surface area contributed by atoms with E-state index in [1.807, 2.05) is 19.2 Å². The van der Waals surface area contributed by atoms with Gasteiger partial charge in [0.2, 0.25) is 0 Å². The van der Waals surface area contributed by atoms with E-state index in [0.717, 1.165) is 34.9 Å². The molecule has 2 rings (SSSR count). The number of aliphatic imine (C=N–C) groups is 1. The monoisotopic (exact) mass is 506 g/mol. The lowest BCUT2D eigenvalue weighted by Crippen LogP contribution is -2.36. The second kappa shape index (κ2) is 12.2. The molecule has 8 heteroatoms. The lowest BCUT2D eigenvalue weighted by molar-refractivity contribution is 0.372. The topological polar surface area (TPSA) is 62.5 Å². The Morgan fingerprint density at radius 1 is 1.26 bits per heavy atom. The van der Waals surface area contributed by atoms with Crippen molar-refractivity contribution in [3.8, 4) is 0 Å². The number of guanidine groups is 1. The Balaban J connectivity index is 0.00000364. The summed E-state index contributed by atoms with van der Waals surface area (Å²) in [6, 6.07) is 6.83. The van der Waals surface area contributed by atoms with Crippen LogP contribution in [-0.2, 0) is 18.8 Å². The number of nitrogens with zero attached hydrogens (tertiary/aromatic N) is 2. The van der Waals surface area contributed by atoms with Crippen molar-refractivity contribution < 1.29 is 8.91 Å². The molecule has 1 heterocycles. The molecule has 0 unspecified atom stereocenters. The molecule has 2 N–H and O–H groups in total. The maximum atomic E-state index is 13.5. The summed E-state index contributed by atoms with van der Waals surface area (Å²) in [6.45, 7) is 7.91. The fourth-order valence-corrected chi connectivity index (χ4v) is 2.98. The third-order valence-electron chi connectivity index (χ3n) is 3.82. The maximum Gasteiger partial charge on any atom is 0.191 e. The average Bonchev–Trinajstić information content (AvgIpc) is 3.08. The van der Waals surface area contributed by atoms with Crippen LogP contribution in [0.25, 0.3) is 0 Å². The van der Waals surface area contributed by atoms with Gasteiger partial charge in [-0.3, -0.25) is 0 Å². The molecule has 0 aliphatic carbocycles. The van der Waals surface area contributed by atoms with E-state index in [-0.39, 0.29) is 29.8 Å². The smallest absolute Gasteiger partial charge is 0.191 e. The molecule has 0 fully saturated rings. The van der Waals surface area contributed by atoms with Crippen molar-refractivity contribution in [3.05, 3.63) is 52.7 Å². The van der Waals surface area contributed by atoms with Gasteiger partial charge in [0.15, 0.2) is 11.7 Å². The molecule has 0 saturated heterocycles. The van der Waals surface area contributed by atoms with E-state index in [1.165, 1.54) is 6.07 Å². The quantitative estimate of drug-likeness (QED) is 0.310. The summed E-state index contributed by atoms with van der Waals surface area (Å²) in [4.78, 5) is 4.61. The summed E-state index contributed by atoms with van der Waals surface area (Å²) in [5, 5.41) is 10.5. The van der Waals surface area contributed by atoms with Crippen LogP contribution in [0.2, 0.25) is 0 Å². The Kier molecular flexibility index (Phi) is 10.8. The van der Waals surface area contributed by atoms with Gasteiger partial charge in [0.25, 0.3) is 0 Å². The summed E-state index contributed by atoms with van der Waals surface area (Å²) in [5.41, 5.74) is 2.95. The minimum absolute atomic E-state index is 0. The Morgan fingerprint density at radius 3 is 2.67 bits per heavy atom. The van der Waals surface area contributed by atoms with E-state index in [1.54, 1.807) is 23.9 Å². The zero-order valence-corrected chi connectivity index (χ0v) is 19.4. The molecule has 150 valence electrons. The number of rotatable bonds is 8.